The summed E-state index contributed by atoms with van der Waals surface area (Å²) in [6.07, 6.45) is 1.16. The lowest BCUT2D eigenvalue weighted by Gasteiger charge is -2.10. The van der Waals surface area contributed by atoms with Crippen molar-refractivity contribution in [2.45, 2.75) is 10.8 Å². The van der Waals surface area contributed by atoms with Crippen LogP contribution in [-0.4, -0.2) is 14.7 Å². The van der Waals surface area contributed by atoms with Crippen molar-refractivity contribution >= 4 is 33.0 Å². The molecule has 0 fully saturated rings. The van der Waals surface area contributed by atoms with E-state index >= 15 is 0 Å². The first-order chi connectivity index (χ1) is 9.40. The van der Waals surface area contributed by atoms with Gasteiger partial charge in [-0.3, -0.25) is 0 Å². The van der Waals surface area contributed by atoms with Crippen LogP contribution in [0.4, 0.5) is 0 Å². The van der Waals surface area contributed by atoms with E-state index in [1.165, 1.54) is 12.1 Å². The van der Waals surface area contributed by atoms with E-state index in [-0.39, 0.29) is 10.8 Å². The molecule has 2 aromatic rings. The lowest BCUT2D eigenvalue weighted by molar-refractivity contribution is 0.478. The van der Waals surface area contributed by atoms with E-state index in [4.69, 9.17) is 27.9 Å². The van der Waals surface area contributed by atoms with E-state index in [0.29, 0.717) is 16.5 Å². The molecule has 0 aliphatic rings. The highest BCUT2D eigenvalue weighted by atomic mass is 35.5. The molecule has 0 radical (unpaired) electrons. The third kappa shape index (κ3) is 3.66. The highest BCUT2D eigenvalue weighted by molar-refractivity contribution is 7.90. The molecule has 0 saturated heterocycles. The van der Waals surface area contributed by atoms with Crippen LogP contribution in [0.2, 0.25) is 5.02 Å². The summed E-state index contributed by atoms with van der Waals surface area (Å²) in [5.41, 5.74) is 0.770. The minimum Gasteiger partial charge on any atom is -0.457 e. The Kier molecular flexibility index (Phi) is 4.58. The summed E-state index contributed by atoms with van der Waals surface area (Å²) >= 11 is 11.7. The third-order valence-electron chi connectivity index (χ3n) is 2.65. The second kappa shape index (κ2) is 6.04. The topological polar surface area (TPSA) is 43.4 Å². The summed E-state index contributed by atoms with van der Waals surface area (Å²) in [5.74, 6) is 1.40. The van der Waals surface area contributed by atoms with E-state index in [1.807, 2.05) is 0 Å². The molecule has 106 valence electrons. The lowest BCUT2D eigenvalue weighted by atomic mass is 10.2. The Morgan fingerprint density at radius 1 is 1.10 bits per heavy atom. The molecule has 3 nitrogen and oxygen atoms in total. The summed E-state index contributed by atoms with van der Waals surface area (Å²) in [6, 6.07) is 11.4. The van der Waals surface area contributed by atoms with Gasteiger partial charge in [-0.15, -0.1) is 11.6 Å². The van der Waals surface area contributed by atoms with Gasteiger partial charge in [-0.25, -0.2) is 8.42 Å². The van der Waals surface area contributed by atoms with Gasteiger partial charge in [-0.1, -0.05) is 11.6 Å². The van der Waals surface area contributed by atoms with Gasteiger partial charge in [0.2, 0.25) is 0 Å². The first-order valence-electron chi connectivity index (χ1n) is 5.72. The normalized spacial score (nSPS) is 11.3. The van der Waals surface area contributed by atoms with Crippen LogP contribution in [-0.2, 0) is 15.7 Å². The molecular weight excluding hydrogens is 319 g/mol. The summed E-state index contributed by atoms with van der Waals surface area (Å²) in [7, 11) is -3.20. The quantitative estimate of drug-likeness (QED) is 0.786. The van der Waals surface area contributed by atoms with E-state index < -0.39 is 9.84 Å². The Morgan fingerprint density at radius 3 is 2.30 bits per heavy atom. The van der Waals surface area contributed by atoms with Gasteiger partial charge in [0.05, 0.1) is 10.8 Å². The van der Waals surface area contributed by atoms with Gasteiger partial charge in [0, 0.05) is 16.8 Å². The lowest BCUT2D eigenvalue weighted by Crippen LogP contribution is -1.96. The molecule has 0 atom stereocenters. The van der Waals surface area contributed by atoms with E-state index in [2.05, 4.69) is 0 Å². The Labute approximate surface area is 128 Å². The van der Waals surface area contributed by atoms with Crippen LogP contribution in [0.15, 0.2) is 47.4 Å². The average Bonchev–Trinajstić information content (AvgIpc) is 2.40. The highest BCUT2D eigenvalue weighted by Crippen LogP contribution is 2.29. The Hall–Kier alpha value is -1.23. The van der Waals surface area contributed by atoms with E-state index in [0.717, 1.165) is 11.8 Å². The third-order valence-corrected chi connectivity index (χ3v) is 4.30. The molecule has 6 heteroatoms. The number of sulfone groups is 1. The highest BCUT2D eigenvalue weighted by Gasteiger charge is 2.08. The van der Waals surface area contributed by atoms with E-state index in [9.17, 15) is 8.42 Å². The molecular formula is C14H12Cl2O3S. The van der Waals surface area contributed by atoms with Crippen LogP contribution < -0.4 is 4.74 Å². The summed E-state index contributed by atoms with van der Waals surface area (Å²) in [6.45, 7) is 0. The molecule has 20 heavy (non-hydrogen) atoms. The largest absolute Gasteiger partial charge is 0.457 e. The molecule has 0 spiro atoms. The van der Waals surface area contributed by atoms with Gasteiger partial charge in [0.15, 0.2) is 9.84 Å². The van der Waals surface area contributed by atoms with Gasteiger partial charge in [0.1, 0.15) is 11.5 Å². The van der Waals surface area contributed by atoms with E-state index in [1.54, 1.807) is 30.3 Å². The van der Waals surface area contributed by atoms with Crippen molar-refractivity contribution in [1.82, 2.24) is 0 Å². The number of ether oxygens (including phenoxy) is 1. The van der Waals surface area contributed by atoms with Gasteiger partial charge in [-0.2, -0.15) is 0 Å². The first-order valence-corrected chi connectivity index (χ1v) is 8.53. The monoisotopic (exact) mass is 330 g/mol. The maximum absolute atomic E-state index is 11.4. The van der Waals surface area contributed by atoms with Crippen molar-refractivity contribution < 1.29 is 13.2 Å². The standard InChI is InChI=1S/C14H12Cl2O3S/c1-20(17,18)13-5-3-12(4-6-13)19-14-7-2-11(16)8-10(14)9-15/h2-8H,9H2,1H3. The minimum atomic E-state index is -3.20. The summed E-state index contributed by atoms with van der Waals surface area (Å²) in [5, 5.41) is 0.584. The molecule has 2 rings (SSSR count). The van der Waals surface area contributed by atoms with Crippen LogP contribution in [0.3, 0.4) is 0 Å². The zero-order chi connectivity index (χ0) is 14.8. The van der Waals surface area contributed by atoms with Crippen LogP contribution in [0.5, 0.6) is 11.5 Å². The fraction of sp³-hybridized carbons (Fsp3) is 0.143. The predicted molar refractivity (Wildman–Crippen MR) is 80.6 cm³/mol. The van der Waals surface area contributed by atoms with Crippen LogP contribution in [0, 0.1) is 0 Å². The SMILES string of the molecule is CS(=O)(=O)c1ccc(Oc2ccc(Cl)cc2CCl)cc1. The summed E-state index contributed by atoms with van der Waals surface area (Å²) in [4.78, 5) is 0.249. The Bertz CT molecular complexity index is 710. The summed E-state index contributed by atoms with van der Waals surface area (Å²) < 4.78 is 28.4. The number of alkyl halides is 1. The second-order valence-corrected chi connectivity index (χ2v) is 6.95. The van der Waals surface area contributed by atoms with Crippen molar-refractivity contribution in [2.75, 3.05) is 6.26 Å². The first kappa shape index (κ1) is 15.2. The molecule has 0 N–H and O–H groups in total. The maximum atomic E-state index is 11.4. The second-order valence-electron chi connectivity index (χ2n) is 4.23. The van der Waals surface area contributed by atoms with Gasteiger partial charge in [-0.05, 0) is 42.5 Å². The van der Waals surface area contributed by atoms with Crippen molar-refractivity contribution in [2.24, 2.45) is 0 Å². The van der Waals surface area contributed by atoms with Crippen molar-refractivity contribution in [3.8, 4) is 11.5 Å². The Morgan fingerprint density at radius 2 is 1.75 bits per heavy atom. The van der Waals surface area contributed by atoms with Gasteiger partial charge in [0.25, 0.3) is 0 Å². The van der Waals surface area contributed by atoms with Crippen molar-refractivity contribution in [3.05, 3.63) is 53.1 Å². The minimum absolute atomic E-state index is 0.249. The van der Waals surface area contributed by atoms with Gasteiger partial charge < -0.3 is 4.74 Å². The van der Waals surface area contributed by atoms with Crippen molar-refractivity contribution in [3.63, 3.8) is 0 Å². The number of benzene rings is 2. The van der Waals surface area contributed by atoms with Crippen LogP contribution in [0.1, 0.15) is 5.56 Å². The predicted octanol–water partition coefficient (Wildman–Crippen LogP) is 4.27. The number of halogens is 2. The number of hydrogen-bond acceptors (Lipinski definition) is 3. The van der Waals surface area contributed by atoms with Crippen LogP contribution in [0.25, 0.3) is 0 Å². The molecule has 0 aromatic heterocycles. The number of rotatable bonds is 4. The molecule has 0 aliphatic carbocycles. The molecule has 0 unspecified atom stereocenters. The zero-order valence-corrected chi connectivity index (χ0v) is 13.0. The molecule has 0 amide bonds. The molecule has 0 bridgehead atoms. The zero-order valence-electron chi connectivity index (χ0n) is 10.6. The molecule has 0 saturated carbocycles. The molecule has 0 heterocycles. The average molecular weight is 331 g/mol. The maximum Gasteiger partial charge on any atom is 0.175 e. The van der Waals surface area contributed by atoms with Crippen LogP contribution >= 0.6 is 23.2 Å². The molecule has 0 aliphatic heterocycles. The fourth-order valence-corrected chi connectivity index (χ4v) is 2.67. The molecule has 2 aromatic carbocycles. The number of hydrogen-bond donors (Lipinski definition) is 0. The van der Waals surface area contributed by atoms with Crippen molar-refractivity contribution in [1.29, 1.82) is 0 Å². The smallest absolute Gasteiger partial charge is 0.175 e. The fourth-order valence-electron chi connectivity index (χ4n) is 1.63. The van der Waals surface area contributed by atoms with Gasteiger partial charge >= 0.3 is 0 Å². The Balaban J connectivity index is 2.27.